The Morgan fingerprint density at radius 1 is 1.43 bits per heavy atom. The highest BCUT2D eigenvalue weighted by molar-refractivity contribution is 7.91. The number of nitrogens with zero attached hydrogens (tertiary/aromatic N) is 2. The van der Waals surface area contributed by atoms with Gasteiger partial charge in [0.15, 0.2) is 9.84 Å². The first kappa shape index (κ1) is 16.4. The molecule has 0 saturated carbocycles. The Balaban J connectivity index is 1.48. The largest absolute Gasteiger partial charge is 0.351 e. The van der Waals surface area contributed by atoms with Gasteiger partial charge in [0.25, 0.3) is 0 Å². The van der Waals surface area contributed by atoms with Crippen LogP contribution in [0.1, 0.15) is 29.7 Å². The van der Waals surface area contributed by atoms with Crippen molar-refractivity contribution in [3.05, 3.63) is 29.1 Å². The number of likely N-dealkylation sites (N-methyl/N-ethyl adjacent to an activating group) is 1. The first-order valence-corrected chi connectivity index (χ1v) is 9.89. The number of hydrogen-bond acceptors (Lipinski definition) is 5. The Labute approximate surface area is 137 Å². The number of carbonyl (C=O) groups excluding carboxylic acids is 1. The molecule has 0 unspecified atom stereocenters. The summed E-state index contributed by atoms with van der Waals surface area (Å²) in [7, 11) is -1.11. The van der Waals surface area contributed by atoms with Gasteiger partial charge in [0.1, 0.15) is 0 Å². The van der Waals surface area contributed by atoms with Crippen molar-refractivity contribution >= 4 is 15.7 Å². The normalized spacial score (nSPS) is 22.3. The molecule has 0 aromatic carbocycles. The number of carbonyl (C=O) groups is 1. The summed E-state index contributed by atoms with van der Waals surface area (Å²) in [4.78, 5) is 18.3. The summed E-state index contributed by atoms with van der Waals surface area (Å²) in [6, 6.07) is 2.08. The second-order valence-corrected chi connectivity index (χ2v) is 8.78. The lowest BCUT2D eigenvalue weighted by Gasteiger charge is -2.22. The number of hydrogen-bond donors (Lipinski definition) is 1. The smallest absolute Gasteiger partial charge is 0.234 e. The number of pyridine rings is 1. The minimum atomic E-state index is -2.92. The van der Waals surface area contributed by atoms with E-state index in [-0.39, 0.29) is 30.0 Å². The first-order valence-electron chi connectivity index (χ1n) is 8.07. The predicted octanol–water partition coefficient (Wildman–Crippen LogP) is 0.305. The highest BCUT2D eigenvalue weighted by atomic mass is 32.2. The fourth-order valence-corrected chi connectivity index (χ4v) is 5.11. The number of sulfone groups is 1. The van der Waals surface area contributed by atoms with Crippen LogP contribution in [0.2, 0.25) is 0 Å². The van der Waals surface area contributed by atoms with Crippen molar-refractivity contribution in [1.29, 1.82) is 0 Å². The lowest BCUT2D eigenvalue weighted by molar-refractivity contribution is -0.122. The van der Waals surface area contributed by atoms with Gasteiger partial charge in [-0.25, -0.2) is 8.42 Å². The van der Waals surface area contributed by atoms with E-state index in [1.165, 1.54) is 11.3 Å². The van der Waals surface area contributed by atoms with Crippen molar-refractivity contribution in [2.75, 3.05) is 25.1 Å². The standard InChI is InChI=1S/C16H23N3O3S/c1-19(14-5-6-23(21,22)11-14)10-16(20)18-9-12-7-13-3-2-4-15(13)17-8-12/h7-8,14H,2-6,9-11H2,1H3,(H,18,20)/t14-/m0/s1. The van der Waals surface area contributed by atoms with Crippen LogP contribution in [0.5, 0.6) is 0 Å². The van der Waals surface area contributed by atoms with Crippen LogP contribution in [-0.2, 0) is 34.0 Å². The zero-order valence-corrected chi connectivity index (χ0v) is 14.2. The highest BCUT2D eigenvalue weighted by Crippen LogP contribution is 2.20. The van der Waals surface area contributed by atoms with E-state index >= 15 is 0 Å². The van der Waals surface area contributed by atoms with Gasteiger partial charge in [-0.3, -0.25) is 14.7 Å². The van der Waals surface area contributed by atoms with Crippen LogP contribution in [0, 0.1) is 0 Å². The van der Waals surface area contributed by atoms with Crippen molar-refractivity contribution in [1.82, 2.24) is 15.2 Å². The van der Waals surface area contributed by atoms with E-state index in [9.17, 15) is 13.2 Å². The fraction of sp³-hybridized carbons (Fsp3) is 0.625. The van der Waals surface area contributed by atoms with Gasteiger partial charge in [0.05, 0.1) is 18.1 Å². The van der Waals surface area contributed by atoms with Crippen LogP contribution in [0.25, 0.3) is 0 Å². The minimum absolute atomic E-state index is 0.0487. The summed E-state index contributed by atoms with van der Waals surface area (Å²) in [5.74, 6) is 0.299. The van der Waals surface area contributed by atoms with Gasteiger partial charge in [0, 0.05) is 24.5 Å². The molecule has 1 aliphatic heterocycles. The van der Waals surface area contributed by atoms with Crippen molar-refractivity contribution < 1.29 is 13.2 Å². The van der Waals surface area contributed by atoms with Gasteiger partial charge in [0.2, 0.25) is 5.91 Å². The summed E-state index contributed by atoms with van der Waals surface area (Å²) in [5, 5.41) is 2.90. The third-order valence-corrected chi connectivity index (χ3v) is 6.44. The van der Waals surface area contributed by atoms with Crippen molar-refractivity contribution in [2.24, 2.45) is 0 Å². The Bertz CT molecular complexity index is 703. The lowest BCUT2D eigenvalue weighted by atomic mass is 10.1. The third kappa shape index (κ3) is 4.09. The molecule has 0 spiro atoms. The number of aryl methyl sites for hydroxylation is 2. The molecule has 3 rings (SSSR count). The maximum Gasteiger partial charge on any atom is 0.234 e. The Morgan fingerprint density at radius 2 is 2.26 bits per heavy atom. The Hall–Kier alpha value is -1.47. The molecule has 1 aromatic heterocycles. The van der Waals surface area contributed by atoms with Gasteiger partial charge >= 0.3 is 0 Å². The van der Waals surface area contributed by atoms with Crippen molar-refractivity contribution in [3.8, 4) is 0 Å². The van der Waals surface area contributed by atoms with Crippen LogP contribution in [0.3, 0.4) is 0 Å². The topological polar surface area (TPSA) is 79.4 Å². The van der Waals surface area contributed by atoms with E-state index in [1.54, 1.807) is 0 Å². The van der Waals surface area contributed by atoms with Gasteiger partial charge in [-0.15, -0.1) is 0 Å². The maximum absolute atomic E-state index is 12.1. The molecule has 23 heavy (non-hydrogen) atoms. The SMILES string of the molecule is CN(CC(=O)NCc1cnc2c(c1)CCC2)[C@H]1CCS(=O)(=O)C1. The average molecular weight is 337 g/mol. The molecule has 1 aromatic rings. The second-order valence-electron chi connectivity index (χ2n) is 6.55. The zero-order chi connectivity index (χ0) is 16.4. The molecule has 1 aliphatic carbocycles. The molecule has 2 heterocycles. The molecule has 1 saturated heterocycles. The van der Waals surface area contributed by atoms with E-state index in [1.807, 2.05) is 18.1 Å². The number of nitrogens with one attached hydrogen (secondary N) is 1. The molecule has 0 bridgehead atoms. The molecule has 1 fully saturated rings. The number of aromatic nitrogens is 1. The van der Waals surface area contributed by atoms with Crippen LogP contribution in [0.15, 0.2) is 12.3 Å². The van der Waals surface area contributed by atoms with Gasteiger partial charge in [-0.1, -0.05) is 6.07 Å². The summed E-state index contributed by atoms with van der Waals surface area (Å²) < 4.78 is 23.0. The number of amides is 1. The molecule has 126 valence electrons. The van der Waals surface area contributed by atoms with Crippen LogP contribution in [0.4, 0.5) is 0 Å². The summed E-state index contributed by atoms with van der Waals surface area (Å²) >= 11 is 0. The molecular weight excluding hydrogens is 314 g/mol. The number of rotatable bonds is 5. The first-order chi connectivity index (χ1) is 10.9. The van der Waals surface area contributed by atoms with Crippen LogP contribution < -0.4 is 5.32 Å². The second kappa shape index (κ2) is 6.57. The molecule has 1 N–H and O–H groups in total. The highest BCUT2D eigenvalue weighted by Gasteiger charge is 2.31. The van der Waals surface area contributed by atoms with Crippen LogP contribution in [-0.4, -0.2) is 55.3 Å². The van der Waals surface area contributed by atoms with Crippen molar-refractivity contribution in [2.45, 2.75) is 38.3 Å². The summed E-state index contributed by atoms with van der Waals surface area (Å²) in [6.45, 7) is 0.689. The molecular formula is C16H23N3O3S. The lowest BCUT2D eigenvalue weighted by Crippen LogP contribution is -2.41. The summed E-state index contributed by atoms with van der Waals surface area (Å²) in [6.07, 6.45) is 5.73. The number of fused-ring (bicyclic) bond motifs is 1. The van der Waals surface area contributed by atoms with E-state index in [0.29, 0.717) is 13.0 Å². The maximum atomic E-state index is 12.1. The Morgan fingerprint density at radius 3 is 3.00 bits per heavy atom. The molecule has 7 heteroatoms. The molecule has 6 nitrogen and oxygen atoms in total. The quantitative estimate of drug-likeness (QED) is 0.836. The van der Waals surface area contributed by atoms with Gasteiger partial charge < -0.3 is 5.32 Å². The van der Waals surface area contributed by atoms with E-state index < -0.39 is 9.84 Å². The van der Waals surface area contributed by atoms with Gasteiger partial charge in [-0.05, 0) is 43.9 Å². The molecule has 2 aliphatic rings. The zero-order valence-electron chi connectivity index (χ0n) is 13.4. The average Bonchev–Trinajstić information content (AvgIpc) is 3.10. The van der Waals surface area contributed by atoms with E-state index in [0.717, 1.165) is 24.8 Å². The third-order valence-electron chi connectivity index (χ3n) is 4.69. The minimum Gasteiger partial charge on any atom is -0.351 e. The fourth-order valence-electron chi connectivity index (χ4n) is 3.31. The molecule has 0 radical (unpaired) electrons. The van der Waals surface area contributed by atoms with Crippen LogP contribution >= 0.6 is 0 Å². The Kier molecular flexibility index (Phi) is 4.68. The van der Waals surface area contributed by atoms with Crippen molar-refractivity contribution in [3.63, 3.8) is 0 Å². The monoisotopic (exact) mass is 337 g/mol. The van der Waals surface area contributed by atoms with E-state index in [4.69, 9.17) is 0 Å². The predicted molar refractivity (Wildman–Crippen MR) is 87.8 cm³/mol. The van der Waals surface area contributed by atoms with E-state index in [2.05, 4.69) is 16.4 Å². The van der Waals surface area contributed by atoms with Gasteiger partial charge in [-0.2, -0.15) is 0 Å². The molecule has 1 atom stereocenters. The molecule has 1 amide bonds. The summed E-state index contributed by atoms with van der Waals surface area (Å²) in [5.41, 5.74) is 3.50.